The van der Waals surface area contributed by atoms with Gasteiger partial charge in [0, 0.05) is 32.8 Å². The summed E-state index contributed by atoms with van der Waals surface area (Å²) in [6, 6.07) is 5.03. The smallest absolute Gasteiger partial charge is 0.292 e. The quantitative estimate of drug-likeness (QED) is 0.510. The lowest BCUT2D eigenvalue weighted by atomic mass is 10.1. The Kier molecular flexibility index (Phi) is 4.34. The fourth-order valence-electron chi connectivity index (χ4n) is 2.41. The van der Waals surface area contributed by atoms with E-state index in [0.29, 0.717) is 6.10 Å². The summed E-state index contributed by atoms with van der Waals surface area (Å²) in [6.07, 6.45) is 2.36. The molecule has 1 aliphatic heterocycles. The summed E-state index contributed by atoms with van der Waals surface area (Å²) in [5.74, 6) is 0. The Morgan fingerprint density at radius 2 is 2.16 bits per heavy atom. The van der Waals surface area contributed by atoms with Crippen molar-refractivity contribution in [2.75, 3.05) is 25.9 Å². The van der Waals surface area contributed by atoms with Crippen LogP contribution in [0.5, 0.6) is 0 Å². The zero-order chi connectivity index (χ0) is 13.8. The predicted molar refractivity (Wildman–Crippen MR) is 72.8 cm³/mol. The molecule has 6 nitrogen and oxygen atoms in total. The third kappa shape index (κ3) is 3.42. The van der Waals surface area contributed by atoms with Gasteiger partial charge in [0.2, 0.25) is 0 Å². The van der Waals surface area contributed by atoms with Crippen LogP contribution in [0, 0.1) is 10.1 Å². The molecule has 0 atom stereocenters. The number of nitro benzene ring substituents is 1. The molecule has 6 heteroatoms. The minimum Gasteiger partial charge on any atom is -0.393 e. The van der Waals surface area contributed by atoms with Crippen molar-refractivity contribution in [3.63, 3.8) is 0 Å². The summed E-state index contributed by atoms with van der Waals surface area (Å²) in [4.78, 5) is 12.7. The Morgan fingerprint density at radius 1 is 1.47 bits per heavy atom. The molecule has 1 saturated heterocycles. The number of hydrogen-bond donors (Lipinski definition) is 1. The monoisotopic (exact) mass is 265 g/mol. The van der Waals surface area contributed by atoms with Crippen LogP contribution in [0.25, 0.3) is 0 Å². The molecular weight excluding hydrogens is 246 g/mol. The minimum absolute atomic E-state index is 0.00993. The van der Waals surface area contributed by atoms with E-state index in [0.717, 1.165) is 38.0 Å². The first-order valence-electron chi connectivity index (χ1n) is 6.38. The van der Waals surface area contributed by atoms with Crippen molar-refractivity contribution >= 4 is 11.4 Å². The molecule has 19 heavy (non-hydrogen) atoms. The van der Waals surface area contributed by atoms with Crippen LogP contribution < -0.4 is 5.73 Å². The van der Waals surface area contributed by atoms with Crippen molar-refractivity contribution in [2.45, 2.75) is 25.5 Å². The van der Waals surface area contributed by atoms with E-state index in [1.54, 1.807) is 19.2 Å². The van der Waals surface area contributed by atoms with Crippen molar-refractivity contribution in [1.82, 2.24) is 4.90 Å². The molecular formula is C13H19N3O3. The molecule has 0 saturated carbocycles. The lowest BCUT2D eigenvalue weighted by molar-refractivity contribution is -0.384. The SMILES string of the molecule is COC1CCN(Cc2ccc(N)c([N+](=O)[O-])c2)CC1. The summed E-state index contributed by atoms with van der Waals surface area (Å²) in [5.41, 5.74) is 6.72. The molecule has 1 aromatic rings. The van der Waals surface area contributed by atoms with Gasteiger partial charge in [-0.25, -0.2) is 0 Å². The van der Waals surface area contributed by atoms with E-state index in [4.69, 9.17) is 10.5 Å². The van der Waals surface area contributed by atoms with Crippen LogP contribution >= 0.6 is 0 Å². The van der Waals surface area contributed by atoms with Crippen molar-refractivity contribution < 1.29 is 9.66 Å². The second kappa shape index (κ2) is 5.99. The summed E-state index contributed by atoms with van der Waals surface area (Å²) in [7, 11) is 1.74. The minimum atomic E-state index is -0.435. The van der Waals surface area contributed by atoms with Crippen LogP contribution in [0.2, 0.25) is 0 Å². The lowest BCUT2D eigenvalue weighted by Crippen LogP contribution is -2.36. The van der Waals surface area contributed by atoms with E-state index < -0.39 is 4.92 Å². The van der Waals surface area contributed by atoms with Gasteiger partial charge in [-0.1, -0.05) is 6.07 Å². The standard InChI is InChI=1S/C13H19N3O3/c1-19-11-4-6-15(7-5-11)9-10-2-3-12(14)13(8-10)16(17)18/h2-3,8,11H,4-7,9,14H2,1H3. The fraction of sp³-hybridized carbons (Fsp3) is 0.538. The number of nitrogens with two attached hydrogens (primary N) is 1. The van der Waals surface area contributed by atoms with Crippen LogP contribution in [0.3, 0.4) is 0 Å². The molecule has 1 aliphatic rings. The second-order valence-corrected chi connectivity index (χ2v) is 4.86. The van der Waals surface area contributed by atoms with Crippen molar-refractivity contribution in [1.29, 1.82) is 0 Å². The molecule has 2 N–H and O–H groups in total. The third-order valence-electron chi connectivity index (χ3n) is 3.57. The second-order valence-electron chi connectivity index (χ2n) is 4.86. The number of nitrogens with zero attached hydrogens (tertiary/aromatic N) is 2. The summed E-state index contributed by atoms with van der Waals surface area (Å²) in [5, 5.41) is 10.8. The van der Waals surface area contributed by atoms with Gasteiger partial charge in [0.1, 0.15) is 5.69 Å². The number of ether oxygens (including phenoxy) is 1. The van der Waals surface area contributed by atoms with E-state index in [9.17, 15) is 10.1 Å². The molecule has 104 valence electrons. The fourth-order valence-corrected chi connectivity index (χ4v) is 2.41. The highest BCUT2D eigenvalue weighted by molar-refractivity contribution is 5.59. The zero-order valence-electron chi connectivity index (χ0n) is 11.0. The number of nitrogen functional groups attached to an aromatic ring is 1. The highest BCUT2D eigenvalue weighted by atomic mass is 16.6. The number of benzene rings is 1. The molecule has 1 aromatic carbocycles. The lowest BCUT2D eigenvalue weighted by Gasteiger charge is -2.31. The molecule has 0 spiro atoms. The first kappa shape index (κ1) is 13.8. The number of anilines is 1. The van der Waals surface area contributed by atoms with Gasteiger partial charge in [0.05, 0.1) is 11.0 Å². The number of methoxy groups -OCH3 is 1. The summed E-state index contributed by atoms with van der Waals surface area (Å²) >= 11 is 0. The van der Waals surface area contributed by atoms with Gasteiger partial charge in [0.25, 0.3) is 5.69 Å². The van der Waals surface area contributed by atoms with E-state index in [1.165, 1.54) is 0 Å². The molecule has 1 fully saturated rings. The predicted octanol–water partition coefficient (Wildman–Crippen LogP) is 1.79. The maximum Gasteiger partial charge on any atom is 0.292 e. The topological polar surface area (TPSA) is 81.6 Å². The van der Waals surface area contributed by atoms with Gasteiger partial charge in [0.15, 0.2) is 0 Å². The molecule has 0 aliphatic carbocycles. The molecule has 0 radical (unpaired) electrons. The van der Waals surface area contributed by atoms with Crippen molar-refractivity contribution in [2.24, 2.45) is 0 Å². The van der Waals surface area contributed by atoms with Crippen LogP contribution in [0.4, 0.5) is 11.4 Å². The summed E-state index contributed by atoms with van der Waals surface area (Å²) in [6.45, 7) is 2.63. The normalized spacial score (nSPS) is 17.5. The molecule has 0 aromatic heterocycles. The van der Waals surface area contributed by atoms with E-state index in [-0.39, 0.29) is 11.4 Å². The highest BCUT2D eigenvalue weighted by Gasteiger charge is 2.19. The highest BCUT2D eigenvalue weighted by Crippen LogP contribution is 2.24. The van der Waals surface area contributed by atoms with Crippen LogP contribution in [-0.2, 0) is 11.3 Å². The Bertz CT molecular complexity index is 456. The molecule has 0 bridgehead atoms. The van der Waals surface area contributed by atoms with Crippen molar-refractivity contribution in [3.05, 3.63) is 33.9 Å². The Labute approximate surface area is 112 Å². The number of nitro groups is 1. The summed E-state index contributed by atoms with van der Waals surface area (Å²) < 4.78 is 5.32. The molecule has 1 heterocycles. The van der Waals surface area contributed by atoms with Gasteiger partial charge in [-0.15, -0.1) is 0 Å². The van der Waals surface area contributed by atoms with Crippen LogP contribution in [-0.4, -0.2) is 36.1 Å². The zero-order valence-corrected chi connectivity index (χ0v) is 11.0. The average molecular weight is 265 g/mol. The Hall–Kier alpha value is -1.66. The van der Waals surface area contributed by atoms with Crippen LogP contribution in [0.1, 0.15) is 18.4 Å². The number of rotatable bonds is 4. The van der Waals surface area contributed by atoms with Gasteiger partial charge in [-0.3, -0.25) is 15.0 Å². The van der Waals surface area contributed by atoms with Gasteiger partial charge >= 0.3 is 0 Å². The van der Waals surface area contributed by atoms with Gasteiger partial charge in [-0.2, -0.15) is 0 Å². The van der Waals surface area contributed by atoms with Crippen molar-refractivity contribution in [3.8, 4) is 0 Å². The number of hydrogen-bond acceptors (Lipinski definition) is 5. The maximum atomic E-state index is 10.8. The van der Waals surface area contributed by atoms with Gasteiger partial charge in [-0.05, 0) is 24.5 Å². The third-order valence-corrected chi connectivity index (χ3v) is 3.57. The molecule has 2 rings (SSSR count). The van der Waals surface area contributed by atoms with E-state index in [1.807, 2.05) is 6.07 Å². The maximum absolute atomic E-state index is 10.8. The number of piperidine rings is 1. The molecule has 0 amide bonds. The van der Waals surface area contributed by atoms with Gasteiger partial charge < -0.3 is 10.5 Å². The first-order valence-corrected chi connectivity index (χ1v) is 6.38. The largest absolute Gasteiger partial charge is 0.393 e. The average Bonchev–Trinajstić information content (AvgIpc) is 2.41. The number of likely N-dealkylation sites (tertiary alicyclic amines) is 1. The molecule has 0 unspecified atom stereocenters. The van der Waals surface area contributed by atoms with Crippen LogP contribution in [0.15, 0.2) is 18.2 Å². The van der Waals surface area contributed by atoms with E-state index >= 15 is 0 Å². The van der Waals surface area contributed by atoms with E-state index in [2.05, 4.69) is 4.90 Å². The Morgan fingerprint density at radius 3 is 2.74 bits per heavy atom. The Balaban J connectivity index is 2.00. The first-order chi connectivity index (χ1) is 9.10.